The average Bonchev–Trinajstić information content (AvgIpc) is 2.95. The zero-order valence-electron chi connectivity index (χ0n) is 23.5. The van der Waals surface area contributed by atoms with Gasteiger partial charge in [-0.15, -0.1) is 0 Å². The number of aromatic carboxylic acids is 1. The standard InChI is InChI=1S/C30H34FN3O7S/c1-19-15-34(20(2)18-35)29(36)26-14-24(32-42(39,40)25-11-8-23(31)9-12-25)10-13-27(26)41-28(19)17-33(3)16-21-4-6-22(7-5-21)30(37)38/h4-14,19-20,28,32,35H,15-18H2,1-3H3,(H,37,38)/t19-,20+,28-/m0/s1. The van der Waals surface area contributed by atoms with Gasteiger partial charge in [-0.3, -0.25) is 14.4 Å². The fourth-order valence-electron chi connectivity index (χ4n) is 4.77. The molecule has 0 spiro atoms. The summed E-state index contributed by atoms with van der Waals surface area (Å²) in [5.74, 6) is -1.83. The molecule has 1 amide bonds. The first kappa shape index (κ1) is 30.9. The van der Waals surface area contributed by atoms with E-state index in [2.05, 4.69) is 4.72 Å². The molecule has 3 N–H and O–H groups in total. The lowest BCUT2D eigenvalue weighted by atomic mass is 9.99. The van der Waals surface area contributed by atoms with Crippen LogP contribution in [0.25, 0.3) is 0 Å². The molecule has 1 heterocycles. The largest absolute Gasteiger partial charge is 0.488 e. The van der Waals surface area contributed by atoms with Crippen LogP contribution in [-0.4, -0.2) is 79.2 Å². The van der Waals surface area contributed by atoms with E-state index in [9.17, 15) is 27.5 Å². The molecule has 224 valence electrons. The van der Waals surface area contributed by atoms with E-state index in [1.54, 1.807) is 36.1 Å². The second-order valence-electron chi connectivity index (χ2n) is 10.6. The van der Waals surface area contributed by atoms with Gasteiger partial charge in [0.25, 0.3) is 15.9 Å². The zero-order chi connectivity index (χ0) is 30.6. The van der Waals surface area contributed by atoms with Crippen molar-refractivity contribution in [2.75, 3.05) is 31.5 Å². The number of aliphatic hydroxyl groups excluding tert-OH is 1. The van der Waals surface area contributed by atoms with Crippen molar-refractivity contribution in [1.82, 2.24) is 9.80 Å². The van der Waals surface area contributed by atoms with Gasteiger partial charge in [-0.1, -0.05) is 19.1 Å². The van der Waals surface area contributed by atoms with Crippen molar-refractivity contribution in [2.45, 2.75) is 37.4 Å². The number of carboxylic acid groups (broad SMARTS) is 1. The van der Waals surface area contributed by atoms with Gasteiger partial charge >= 0.3 is 5.97 Å². The first-order valence-electron chi connectivity index (χ1n) is 13.4. The van der Waals surface area contributed by atoms with Gasteiger partial charge in [-0.25, -0.2) is 17.6 Å². The van der Waals surface area contributed by atoms with Crippen molar-refractivity contribution in [3.8, 4) is 5.75 Å². The SMILES string of the molecule is C[C@H](CO)N1C[C@H](C)[C@H](CN(C)Cc2ccc(C(=O)O)cc2)Oc2ccc(NS(=O)(=O)c3ccc(F)cc3)cc2C1=O. The quantitative estimate of drug-likeness (QED) is 0.321. The number of hydrogen-bond acceptors (Lipinski definition) is 7. The van der Waals surface area contributed by atoms with Gasteiger partial charge in [0.1, 0.15) is 17.7 Å². The molecular weight excluding hydrogens is 565 g/mol. The Balaban J connectivity index is 1.60. The van der Waals surface area contributed by atoms with Crippen LogP contribution in [-0.2, 0) is 16.6 Å². The van der Waals surface area contributed by atoms with Gasteiger partial charge in [0, 0.05) is 31.2 Å². The summed E-state index contributed by atoms with van der Waals surface area (Å²) in [7, 11) is -2.15. The summed E-state index contributed by atoms with van der Waals surface area (Å²) in [5.41, 5.74) is 1.39. The number of fused-ring (bicyclic) bond motifs is 1. The molecule has 10 nitrogen and oxygen atoms in total. The van der Waals surface area contributed by atoms with Crippen molar-refractivity contribution in [3.63, 3.8) is 0 Å². The highest BCUT2D eigenvalue weighted by atomic mass is 32.2. The summed E-state index contributed by atoms with van der Waals surface area (Å²) < 4.78 is 47.9. The first-order valence-corrected chi connectivity index (χ1v) is 14.9. The third-order valence-electron chi connectivity index (χ3n) is 7.19. The molecule has 3 atom stereocenters. The van der Waals surface area contributed by atoms with E-state index in [0.717, 1.165) is 29.8 Å². The molecule has 0 saturated heterocycles. The van der Waals surface area contributed by atoms with Gasteiger partial charge in [0.15, 0.2) is 0 Å². The number of amides is 1. The Kier molecular flexibility index (Phi) is 9.50. The Bertz CT molecular complexity index is 1530. The molecule has 12 heteroatoms. The molecule has 3 aromatic carbocycles. The predicted molar refractivity (Wildman–Crippen MR) is 155 cm³/mol. The number of carbonyl (C=O) groups is 2. The fraction of sp³-hybridized carbons (Fsp3) is 0.333. The molecule has 0 saturated carbocycles. The summed E-state index contributed by atoms with van der Waals surface area (Å²) in [6.07, 6.45) is -0.379. The van der Waals surface area contributed by atoms with E-state index < -0.39 is 33.8 Å². The van der Waals surface area contributed by atoms with Crippen LogP contribution in [0.4, 0.5) is 10.1 Å². The third kappa shape index (κ3) is 7.25. The van der Waals surface area contributed by atoms with E-state index in [1.807, 2.05) is 18.9 Å². The van der Waals surface area contributed by atoms with Crippen LogP contribution in [0.1, 0.15) is 40.1 Å². The van der Waals surface area contributed by atoms with Gasteiger partial charge in [-0.05, 0) is 74.1 Å². The average molecular weight is 600 g/mol. The normalized spacial score (nSPS) is 18.0. The Morgan fingerprint density at radius 1 is 1.14 bits per heavy atom. The van der Waals surface area contributed by atoms with Crippen LogP contribution in [0, 0.1) is 11.7 Å². The zero-order valence-corrected chi connectivity index (χ0v) is 24.3. The first-order chi connectivity index (χ1) is 19.9. The van der Waals surface area contributed by atoms with Crippen molar-refractivity contribution >= 4 is 27.6 Å². The lowest BCUT2D eigenvalue weighted by molar-refractivity contribution is 0.0341. The van der Waals surface area contributed by atoms with Crippen molar-refractivity contribution in [3.05, 3.63) is 89.2 Å². The fourth-order valence-corrected chi connectivity index (χ4v) is 5.82. The van der Waals surface area contributed by atoms with Gasteiger partial charge < -0.3 is 19.8 Å². The molecule has 0 aromatic heterocycles. The molecular formula is C30H34FN3O7S. The number of ether oxygens (including phenoxy) is 1. The van der Waals surface area contributed by atoms with E-state index >= 15 is 0 Å². The lowest BCUT2D eigenvalue weighted by Crippen LogP contribution is -2.49. The molecule has 3 aromatic rings. The molecule has 0 radical (unpaired) electrons. The molecule has 42 heavy (non-hydrogen) atoms. The number of benzene rings is 3. The number of halogens is 1. The Labute approximate surface area is 244 Å². The topological polar surface area (TPSA) is 136 Å². The second kappa shape index (κ2) is 12.9. The lowest BCUT2D eigenvalue weighted by Gasteiger charge is -2.38. The van der Waals surface area contributed by atoms with Gasteiger partial charge in [-0.2, -0.15) is 0 Å². The minimum absolute atomic E-state index is 0.124. The minimum Gasteiger partial charge on any atom is -0.488 e. The van der Waals surface area contributed by atoms with Crippen molar-refractivity contribution in [2.24, 2.45) is 5.92 Å². The van der Waals surface area contributed by atoms with Crippen LogP contribution in [0.15, 0.2) is 71.6 Å². The van der Waals surface area contributed by atoms with Gasteiger partial charge in [0.2, 0.25) is 0 Å². The second-order valence-corrected chi connectivity index (χ2v) is 12.3. The van der Waals surface area contributed by atoms with Crippen molar-refractivity contribution in [1.29, 1.82) is 0 Å². The maximum Gasteiger partial charge on any atom is 0.335 e. The highest BCUT2D eigenvalue weighted by molar-refractivity contribution is 7.92. The Morgan fingerprint density at radius 3 is 2.43 bits per heavy atom. The number of likely N-dealkylation sites (N-methyl/N-ethyl adjacent to an activating group) is 1. The summed E-state index contributed by atoms with van der Waals surface area (Å²) >= 11 is 0. The number of carboxylic acids is 1. The smallest absolute Gasteiger partial charge is 0.335 e. The molecule has 1 aliphatic rings. The van der Waals surface area contributed by atoms with Crippen LogP contribution in [0.5, 0.6) is 5.75 Å². The number of aliphatic hydroxyl groups is 1. The molecule has 4 rings (SSSR count). The Morgan fingerprint density at radius 2 is 1.81 bits per heavy atom. The number of rotatable bonds is 10. The van der Waals surface area contributed by atoms with Crippen LogP contribution in [0.2, 0.25) is 0 Å². The highest BCUT2D eigenvalue weighted by Crippen LogP contribution is 2.31. The molecule has 0 bridgehead atoms. The summed E-state index contributed by atoms with van der Waals surface area (Å²) in [6.45, 7) is 4.71. The van der Waals surface area contributed by atoms with E-state index in [0.29, 0.717) is 13.1 Å². The predicted octanol–water partition coefficient (Wildman–Crippen LogP) is 3.68. The number of nitrogens with one attached hydrogen (secondary N) is 1. The highest BCUT2D eigenvalue weighted by Gasteiger charge is 2.33. The van der Waals surface area contributed by atoms with E-state index in [1.165, 1.54) is 18.2 Å². The number of nitrogens with zero attached hydrogens (tertiary/aromatic N) is 2. The summed E-state index contributed by atoms with van der Waals surface area (Å²) in [4.78, 5) is 28.3. The summed E-state index contributed by atoms with van der Waals surface area (Å²) in [5, 5.41) is 19.0. The third-order valence-corrected chi connectivity index (χ3v) is 8.58. The molecule has 1 aliphatic heterocycles. The van der Waals surface area contributed by atoms with Crippen LogP contribution in [0.3, 0.4) is 0 Å². The number of hydrogen-bond donors (Lipinski definition) is 3. The van der Waals surface area contributed by atoms with Crippen LogP contribution >= 0.6 is 0 Å². The molecule has 0 unspecified atom stereocenters. The number of carbonyl (C=O) groups excluding carboxylic acids is 1. The van der Waals surface area contributed by atoms with E-state index in [4.69, 9.17) is 9.84 Å². The van der Waals surface area contributed by atoms with Crippen molar-refractivity contribution < 1.29 is 37.3 Å². The maximum atomic E-state index is 13.7. The number of anilines is 1. The van der Waals surface area contributed by atoms with Gasteiger partial charge in [0.05, 0.1) is 28.7 Å². The van der Waals surface area contributed by atoms with Crippen LogP contribution < -0.4 is 9.46 Å². The van der Waals surface area contributed by atoms with E-state index in [-0.39, 0.29) is 52.6 Å². The number of sulfonamides is 1. The molecule has 0 aliphatic carbocycles. The summed E-state index contributed by atoms with van der Waals surface area (Å²) in [6, 6.07) is 14.9. The Hall–Kier alpha value is -4.00. The maximum absolute atomic E-state index is 13.7. The monoisotopic (exact) mass is 599 g/mol. The molecule has 0 fully saturated rings. The minimum atomic E-state index is -4.06.